The zero-order valence-electron chi connectivity index (χ0n) is 11.6. The molecule has 0 saturated carbocycles. The molecule has 1 aromatic heterocycles. The molecule has 0 amide bonds. The average Bonchev–Trinajstić information content (AvgIpc) is 2.37. The molecule has 2 N–H and O–H groups in total. The highest BCUT2D eigenvalue weighted by molar-refractivity contribution is 5.31. The van der Waals surface area contributed by atoms with Crippen LogP contribution in [-0.2, 0) is 6.54 Å². The first kappa shape index (κ1) is 13.5. The molecule has 0 bridgehead atoms. The molecular weight excluding hydrogens is 238 g/mol. The molecule has 0 fully saturated rings. The smallest absolute Gasteiger partial charge is 0.322 e. The SMILES string of the molecule is Cc1cnc(=O)n(CC(N)c2ccc(C)c(C)c2)c1. The summed E-state index contributed by atoms with van der Waals surface area (Å²) in [5, 5.41) is 0. The van der Waals surface area contributed by atoms with E-state index in [1.807, 2.05) is 13.0 Å². The predicted octanol–water partition coefficient (Wildman–Crippen LogP) is 1.87. The largest absolute Gasteiger partial charge is 0.347 e. The maximum atomic E-state index is 11.7. The van der Waals surface area contributed by atoms with Gasteiger partial charge in [-0.2, -0.15) is 0 Å². The summed E-state index contributed by atoms with van der Waals surface area (Å²) in [4.78, 5) is 15.5. The van der Waals surface area contributed by atoms with Crippen molar-refractivity contribution in [1.82, 2.24) is 9.55 Å². The highest BCUT2D eigenvalue weighted by atomic mass is 16.1. The molecule has 0 saturated heterocycles. The topological polar surface area (TPSA) is 60.9 Å². The van der Waals surface area contributed by atoms with E-state index in [-0.39, 0.29) is 11.7 Å². The number of aryl methyl sites for hydroxylation is 3. The van der Waals surface area contributed by atoms with Crippen molar-refractivity contribution >= 4 is 0 Å². The van der Waals surface area contributed by atoms with Crippen LogP contribution in [0.1, 0.15) is 28.3 Å². The molecule has 1 unspecified atom stereocenters. The minimum absolute atomic E-state index is 0.208. The Balaban J connectivity index is 2.25. The van der Waals surface area contributed by atoms with Crippen LogP contribution in [0, 0.1) is 20.8 Å². The average molecular weight is 257 g/mol. The lowest BCUT2D eigenvalue weighted by atomic mass is 10.0. The van der Waals surface area contributed by atoms with Gasteiger partial charge in [0.2, 0.25) is 0 Å². The van der Waals surface area contributed by atoms with Crippen LogP contribution in [-0.4, -0.2) is 9.55 Å². The van der Waals surface area contributed by atoms with E-state index in [1.165, 1.54) is 11.1 Å². The van der Waals surface area contributed by atoms with Gasteiger partial charge in [0.1, 0.15) is 0 Å². The molecule has 0 aliphatic heterocycles. The Morgan fingerprint density at radius 1 is 1.26 bits per heavy atom. The summed E-state index contributed by atoms with van der Waals surface area (Å²) in [5.74, 6) is 0. The van der Waals surface area contributed by atoms with Gasteiger partial charge in [0.15, 0.2) is 0 Å². The first-order valence-electron chi connectivity index (χ1n) is 6.33. The Hall–Kier alpha value is -1.94. The summed E-state index contributed by atoms with van der Waals surface area (Å²) in [6.07, 6.45) is 3.36. The number of nitrogens with two attached hydrogens (primary N) is 1. The van der Waals surface area contributed by atoms with Crippen molar-refractivity contribution in [3.8, 4) is 0 Å². The summed E-state index contributed by atoms with van der Waals surface area (Å²) >= 11 is 0. The van der Waals surface area contributed by atoms with Crippen molar-refractivity contribution in [2.45, 2.75) is 33.4 Å². The van der Waals surface area contributed by atoms with Crippen LogP contribution in [0.4, 0.5) is 0 Å². The van der Waals surface area contributed by atoms with Gasteiger partial charge in [0, 0.05) is 25.0 Å². The molecule has 2 aromatic rings. The van der Waals surface area contributed by atoms with Crippen LogP contribution >= 0.6 is 0 Å². The highest BCUT2D eigenvalue weighted by Gasteiger charge is 2.09. The van der Waals surface area contributed by atoms with Crippen molar-refractivity contribution < 1.29 is 0 Å². The van der Waals surface area contributed by atoms with Crippen LogP contribution in [0.25, 0.3) is 0 Å². The van der Waals surface area contributed by atoms with E-state index in [0.717, 1.165) is 11.1 Å². The normalized spacial score (nSPS) is 12.4. The summed E-state index contributed by atoms with van der Waals surface area (Å²) in [7, 11) is 0. The Bertz CT molecular complexity index is 646. The first-order chi connectivity index (χ1) is 8.97. The molecule has 4 heteroatoms. The van der Waals surface area contributed by atoms with Gasteiger partial charge in [0.25, 0.3) is 0 Å². The molecule has 0 aliphatic rings. The number of hydrogen-bond acceptors (Lipinski definition) is 3. The van der Waals surface area contributed by atoms with Crippen molar-refractivity contribution in [2.24, 2.45) is 5.73 Å². The molecule has 100 valence electrons. The van der Waals surface area contributed by atoms with E-state index in [0.29, 0.717) is 6.54 Å². The van der Waals surface area contributed by atoms with Gasteiger partial charge in [-0.3, -0.25) is 4.57 Å². The summed E-state index contributed by atoms with van der Waals surface area (Å²) in [5.41, 5.74) is 10.4. The summed E-state index contributed by atoms with van der Waals surface area (Å²) in [6, 6.07) is 5.94. The molecule has 1 aromatic carbocycles. The monoisotopic (exact) mass is 257 g/mol. The predicted molar refractivity (Wildman–Crippen MR) is 76.1 cm³/mol. The number of benzene rings is 1. The van der Waals surface area contributed by atoms with Gasteiger partial charge in [-0.15, -0.1) is 0 Å². The van der Waals surface area contributed by atoms with Crippen LogP contribution < -0.4 is 11.4 Å². The molecule has 0 radical (unpaired) electrons. The molecule has 0 aliphatic carbocycles. The first-order valence-corrected chi connectivity index (χ1v) is 6.33. The molecule has 4 nitrogen and oxygen atoms in total. The van der Waals surface area contributed by atoms with Crippen LogP contribution in [0.5, 0.6) is 0 Å². The summed E-state index contributed by atoms with van der Waals surface area (Å²) < 4.78 is 1.56. The second-order valence-electron chi connectivity index (χ2n) is 5.02. The molecule has 0 spiro atoms. The molecule has 1 atom stereocenters. The van der Waals surface area contributed by atoms with Gasteiger partial charge in [-0.1, -0.05) is 18.2 Å². The van der Waals surface area contributed by atoms with Gasteiger partial charge >= 0.3 is 5.69 Å². The van der Waals surface area contributed by atoms with Crippen molar-refractivity contribution in [2.75, 3.05) is 0 Å². The molecule has 1 heterocycles. The Morgan fingerprint density at radius 2 is 2.00 bits per heavy atom. The van der Waals surface area contributed by atoms with E-state index in [4.69, 9.17) is 5.73 Å². The van der Waals surface area contributed by atoms with Gasteiger partial charge in [0.05, 0.1) is 0 Å². The maximum Gasteiger partial charge on any atom is 0.347 e. The lowest BCUT2D eigenvalue weighted by molar-refractivity contribution is 0.549. The fourth-order valence-corrected chi connectivity index (χ4v) is 2.01. The second kappa shape index (κ2) is 5.36. The van der Waals surface area contributed by atoms with Crippen LogP contribution in [0.15, 0.2) is 35.4 Å². The van der Waals surface area contributed by atoms with Gasteiger partial charge in [-0.25, -0.2) is 9.78 Å². The standard InChI is InChI=1S/C15H19N3O/c1-10-7-17-15(19)18(8-10)9-14(16)13-5-4-11(2)12(3)6-13/h4-8,14H,9,16H2,1-3H3. The minimum Gasteiger partial charge on any atom is -0.322 e. The summed E-state index contributed by atoms with van der Waals surface area (Å²) in [6.45, 7) is 6.48. The van der Waals surface area contributed by atoms with E-state index < -0.39 is 0 Å². The second-order valence-corrected chi connectivity index (χ2v) is 5.02. The third-order valence-electron chi connectivity index (χ3n) is 3.34. The van der Waals surface area contributed by atoms with Crippen molar-refractivity contribution in [3.05, 3.63) is 63.3 Å². The van der Waals surface area contributed by atoms with Crippen molar-refractivity contribution in [1.29, 1.82) is 0 Å². The third kappa shape index (κ3) is 3.09. The third-order valence-corrected chi connectivity index (χ3v) is 3.34. The quantitative estimate of drug-likeness (QED) is 0.913. The molecule has 2 rings (SSSR count). The Labute approximate surface area is 112 Å². The van der Waals surface area contributed by atoms with E-state index in [9.17, 15) is 4.79 Å². The van der Waals surface area contributed by atoms with E-state index >= 15 is 0 Å². The Morgan fingerprint density at radius 3 is 2.68 bits per heavy atom. The number of nitrogens with zero attached hydrogens (tertiary/aromatic N) is 2. The molecule has 19 heavy (non-hydrogen) atoms. The zero-order valence-corrected chi connectivity index (χ0v) is 11.6. The fraction of sp³-hybridized carbons (Fsp3) is 0.333. The maximum absolute atomic E-state index is 11.7. The van der Waals surface area contributed by atoms with E-state index in [2.05, 4.69) is 31.0 Å². The van der Waals surface area contributed by atoms with E-state index in [1.54, 1.807) is 17.0 Å². The number of rotatable bonds is 3. The van der Waals surface area contributed by atoms with Gasteiger partial charge < -0.3 is 5.73 Å². The van der Waals surface area contributed by atoms with Crippen molar-refractivity contribution in [3.63, 3.8) is 0 Å². The number of hydrogen-bond donors (Lipinski definition) is 1. The minimum atomic E-state index is -0.259. The number of aromatic nitrogens is 2. The lowest BCUT2D eigenvalue weighted by Gasteiger charge is -2.15. The van der Waals surface area contributed by atoms with Crippen LogP contribution in [0.2, 0.25) is 0 Å². The zero-order chi connectivity index (χ0) is 14.0. The lowest BCUT2D eigenvalue weighted by Crippen LogP contribution is -2.28. The molecular formula is C15H19N3O. The fourth-order valence-electron chi connectivity index (χ4n) is 2.01. The highest BCUT2D eigenvalue weighted by Crippen LogP contribution is 2.16. The van der Waals surface area contributed by atoms with Crippen LogP contribution in [0.3, 0.4) is 0 Å². The van der Waals surface area contributed by atoms with Gasteiger partial charge in [-0.05, 0) is 43.0 Å². The Kier molecular flexibility index (Phi) is 3.81.